The van der Waals surface area contributed by atoms with E-state index < -0.39 is 0 Å². The second-order valence-electron chi connectivity index (χ2n) is 6.75. The minimum atomic E-state index is 0.789. The molecule has 0 nitrogen and oxygen atoms in total. The summed E-state index contributed by atoms with van der Waals surface area (Å²) in [7, 11) is 0. The molecule has 4 unspecified atom stereocenters. The van der Waals surface area contributed by atoms with Crippen LogP contribution >= 0.6 is 0 Å². The van der Waals surface area contributed by atoms with Gasteiger partial charge in [-0.1, -0.05) is 56.4 Å². The van der Waals surface area contributed by atoms with Crippen molar-refractivity contribution in [3.05, 3.63) is 23.3 Å². The van der Waals surface area contributed by atoms with Crippen LogP contribution in [0.25, 0.3) is 0 Å². The Kier molecular flexibility index (Phi) is 4.70. The summed E-state index contributed by atoms with van der Waals surface area (Å²) >= 11 is 0. The van der Waals surface area contributed by atoms with Crippen molar-refractivity contribution in [1.82, 2.24) is 0 Å². The van der Waals surface area contributed by atoms with E-state index in [4.69, 9.17) is 0 Å². The van der Waals surface area contributed by atoms with Crippen LogP contribution in [0.2, 0.25) is 0 Å². The van der Waals surface area contributed by atoms with Crippen LogP contribution in [0.3, 0.4) is 0 Å². The average Bonchev–Trinajstić information content (AvgIpc) is 2.35. The Morgan fingerprint density at radius 2 is 1.72 bits per heavy atom. The predicted molar refractivity (Wildman–Crippen MR) is 80.5 cm³/mol. The molecule has 1 saturated carbocycles. The van der Waals surface area contributed by atoms with Gasteiger partial charge in [0.2, 0.25) is 0 Å². The number of hydrogen-bond acceptors (Lipinski definition) is 0. The van der Waals surface area contributed by atoms with Crippen molar-refractivity contribution < 1.29 is 0 Å². The largest absolute Gasteiger partial charge is 0.0914 e. The van der Waals surface area contributed by atoms with E-state index in [1.807, 2.05) is 5.57 Å². The maximum Gasteiger partial charge on any atom is -0.0168 e. The van der Waals surface area contributed by atoms with Gasteiger partial charge in [-0.3, -0.25) is 0 Å². The van der Waals surface area contributed by atoms with Crippen LogP contribution in [0, 0.1) is 23.7 Å². The molecule has 2 rings (SSSR count). The third-order valence-electron chi connectivity index (χ3n) is 5.36. The minimum absolute atomic E-state index is 0.789. The molecule has 102 valence electrons. The summed E-state index contributed by atoms with van der Waals surface area (Å²) in [4.78, 5) is 0. The first-order valence-corrected chi connectivity index (χ1v) is 7.94. The van der Waals surface area contributed by atoms with Crippen molar-refractivity contribution >= 4 is 0 Å². The van der Waals surface area contributed by atoms with Gasteiger partial charge in [-0.15, -0.1) is 0 Å². The summed E-state index contributed by atoms with van der Waals surface area (Å²) in [5, 5.41) is 0. The third kappa shape index (κ3) is 2.90. The van der Waals surface area contributed by atoms with Gasteiger partial charge in [-0.25, -0.2) is 0 Å². The van der Waals surface area contributed by atoms with E-state index in [0.29, 0.717) is 0 Å². The third-order valence-corrected chi connectivity index (χ3v) is 5.36. The molecule has 2 aliphatic carbocycles. The van der Waals surface area contributed by atoms with Gasteiger partial charge < -0.3 is 0 Å². The predicted octanol–water partition coefficient (Wildman–Crippen LogP) is 5.75. The highest BCUT2D eigenvalue weighted by molar-refractivity contribution is 5.22. The standard InChI is InChI=1S/C18H30/c1-5-8-16-11-15(4)18(12-14(16)3)17-10-7-6-9-13(17)2/h5,8,13-14,16-17H,6-7,9-12H2,1-4H3/b8-5-. The molecule has 4 atom stereocenters. The summed E-state index contributed by atoms with van der Waals surface area (Å²) in [5.74, 6) is 3.47. The van der Waals surface area contributed by atoms with Gasteiger partial charge in [0.1, 0.15) is 0 Å². The van der Waals surface area contributed by atoms with Crippen LogP contribution in [0.1, 0.15) is 66.2 Å². The van der Waals surface area contributed by atoms with Crippen molar-refractivity contribution in [2.45, 2.75) is 66.2 Å². The lowest BCUT2D eigenvalue weighted by molar-refractivity contribution is 0.264. The molecule has 0 bridgehead atoms. The fraction of sp³-hybridized carbons (Fsp3) is 0.778. The summed E-state index contributed by atoms with van der Waals surface area (Å²) in [6.45, 7) is 9.49. The normalized spacial score (nSPS) is 38.4. The van der Waals surface area contributed by atoms with Crippen molar-refractivity contribution in [2.75, 3.05) is 0 Å². The zero-order chi connectivity index (χ0) is 13.1. The Hall–Kier alpha value is -0.520. The molecule has 0 amide bonds. The van der Waals surface area contributed by atoms with Crippen LogP contribution in [0.4, 0.5) is 0 Å². The second-order valence-corrected chi connectivity index (χ2v) is 6.75. The summed E-state index contributed by atoms with van der Waals surface area (Å²) in [5.41, 5.74) is 3.56. The van der Waals surface area contributed by atoms with E-state index in [-0.39, 0.29) is 0 Å². The molecule has 18 heavy (non-hydrogen) atoms. The first kappa shape index (κ1) is 13.9. The maximum atomic E-state index is 2.48. The van der Waals surface area contributed by atoms with E-state index in [0.717, 1.165) is 23.7 Å². The van der Waals surface area contributed by atoms with Gasteiger partial charge >= 0.3 is 0 Å². The van der Waals surface area contributed by atoms with Gasteiger partial charge in [0.25, 0.3) is 0 Å². The van der Waals surface area contributed by atoms with Crippen LogP contribution in [0.15, 0.2) is 23.3 Å². The average molecular weight is 246 g/mol. The van der Waals surface area contributed by atoms with E-state index >= 15 is 0 Å². The highest BCUT2D eigenvalue weighted by Crippen LogP contribution is 2.44. The lowest BCUT2D eigenvalue weighted by atomic mass is 9.67. The first-order valence-electron chi connectivity index (χ1n) is 7.94. The highest BCUT2D eigenvalue weighted by Gasteiger charge is 2.31. The Bertz CT molecular complexity index is 334. The van der Waals surface area contributed by atoms with Gasteiger partial charge in [-0.2, -0.15) is 0 Å². The molecule has 0 aromatic carbocycles. The topological polar surface area (TPSA) is 0 Å². The smallest absolute Gasteiger partial charge is 0.0168 e. The van der Waals surface area contributed by atoms with Crippen molar-refractivity contribution in [3.8, 4) is 0 Å². The Morgan fingerprint density at radius 1 is 1.00 bits per heavy atom. The second kappa shape index (κ2) is 6.08. The quantitative estimate of drug-likeness (QED) is 0.544. The van der Waals surface area contributed by atoms with E-state index in [1.165, 1.54) is 38.5 Å². The van der Waals surface area contributed by atoms with Crippen molar-refractivity contribution in [2.24, 2.45) is 23.7 Å². The summed E-state index contributed by atoms with van der Waals surface area (Å²) in [6, 6.07) is 0. The van der Waals surface area contributed by atoms with E-state index in [2.05, 4.69) is 39.8 Å². The molecular formula is C18H30. The molecule has 0 aromatic heterocycles. The molecule has 0 heterocycles. The molecule has 0 spiro atoms. The Balaban J connectivity index is 2.14. The fourth-order valence-corrected chi connectivity index (χ4v) is 4.17. The van der Waals surface area contributed by atoms with Gasteiger partial charge in [-0.05, 0) is 56.8 Å². The Morgan fingerprint density at radius 3 is 2.39 bits per heavy atom. The zero-order valence-electron chi connectivity index (χ0n) is 12.7. The first-order chi connectivity index (χ1) is 8.63. The van der Waals surface area contributed by atoms with Crippen molar-refractivity contribution in [3.63, 3.8) is 0 Å². The molecule has 0 radical (unpaired) electrons. The Labute approximate surface area is 114 Å². The zero-order valence-corrected chi connectivity index (χ0v) is 12.7. The summed E-state index contributed by atoms with van der Waals surface area (Å²) in [6.07, 6.45) is 13.2. The van der Waals surface area contributed by atoms with Crippen molar-refractivity contribution in [1.29, 1.82) is 0 Å². The molecule has 0 N–H and O–H groups in total. The van der Waals surface area contributed by atoms with Crippen LogP contribution < -0.4 is 0 Å². The fourth-order valence-electron chi connectivity index (χ4n) is 4.17. The lowest BCUT2D eigenvalue weighted by Crippen LogP contribution is -2.26. The molecule has 0 aliphatic heterocycles. The summed E-state index contributed by atoms with van der Waals surface area (Å²) < 4.78 is 0. The molecule has 1 fully saturated rings. The SMILES string of the molecule is C/C=C\C1CC(C)=C(C2CCCCC2C)CC1C. The molecule has 0 heteroatoms. The van der Waals surface area contributed by atoms with E-state index in [9.17, 15) is 0 Å². The van der Waals surface area contributed by atoms with E-state index in [1.54, 1.807) is 5.57 Å². The number of allylic oxidation sites excluding steroid dienone is 4. The monoisotopic (exact) mass is 246 g/mol. The molecule has 0 aromatic rings. The van der Waals surface area contributed by atoms with Crippen LogP contribution in [-0.4, -0.2) is 0 Å². The van der Waals surface area contributed by atoms with Crippen LogP contribution in [-0.2, 0) is 0 Å². The number of rotatable bonds is 2. The minimum Gasteiger partial charge on any atom is -0.0914 e. The molecule has 0 saturated heterocycles. The molecule has 2 aliphatic rings. The highest BCUT2D eigenvalue weighted by atomic mass is 14.4. The van der Waals surface area contributed by atoms with Gasteiger partial charge in [0.15, 0.2) is 0 Å². The van der Waals surface area contributed by atoms with Crippen LogP contribution in [0.5, 0.6) is 0 Å². The molecular weight excluding hydrogens is 216 g/mol. The van der Waals surface area contributed by atoms with Gasteiger partial charge in [0.05, 0.1) is 0 Å². The van der Waals surface area contributed by atoms with Gasteiger partial charge in [0, 0.05) is 0 Å². The number of hydrogen-bond donors (Lipinski definition) is 0. The maximum absolute atomic E-state index is 2.48. The lowest BCUT2D eigenvalue weighted by Gasteiger charge is -2.38.